The molecule has 5 heteroatoms. The number of carbonyl (C=O) groups is 2. The van der Waals surface area contributed by atoms with Crippen LogP contribution in [0.2, 0.25) is 0 Å². The van der Waals surface area contributed by atoms with Crippen LogP contribution in [0.4, 0.5) is 0 Å². The third kappa shape index (κ3) is 3.59. The third-order valence-electron chi connectivity index (χ3n) is 3.90. The summed E-state index contributed by atoms with van der Waals surface area (Å²) in [5, 5.41) is 9.13. The van der Waals surface area contributed by atoms with Crippen molar-refractivity contribution in [2.24, 2.45) is 0 Å². The number of nitrogens with zero attached hydrogens (tertiary/aromatic N) is 1. The molecule has 0 spiro atoms. The van der Waals surface area contributed by atoms with Crippen LogP contribution in [0.25, 0.3) is 0 Å². The van der Waals surface area contributed by atoms with Gasteiger partial charge < -0.3 is 14.7 Å². The highest BCUT2D eigenvalue weighted by molar-refractivity contribution is 5.85. The van der Waals surface area contributed by atoms with Crippen LogP contribution in [0.15, 0.2) is 24.3 Å². The summed E-state index contributed by atoms with van der Waals surface area (Å²) in [5.74, 6) is -0.538. The number of rotatable bonds is 4. The number of hydrogen-bond donors (Lipinski definition) is 1. The van der Waals surface area contributed by atoms with Gasteiger partial charge in [0, 0.05) is 6.54 Å². The second-order valence-electron chi connectivity index (χ2n) is 6.62. The first-order valence-electron chi connectivity index (χ1n) is 7.55. The van der Waals surface area contributed by atoms with Crippen LogP contribution in [0.1, 0.15) is 39.2 Å². The van der Waals surface area contributed by atoms with Gasteiger partial charge in [-0.15, -0.1) is 0 Å². The standard InChI is InChI=1S/C17H23NO4/c1-17(2,3)12-7-4-5-9-14(12)22-11-15(19)18-10-6-8-13(18)16(20)21/h4-5,7,9,13H,6,8,10-11H2,1-3H3,(H,20,21)/t13-/m0/s1. The molecule has 2 rings (SSSR count). The van der Waals surface area contributed by atoms with E-state index in [1.54, 1.807) is 0 Å². The molecule has 1 saturated heterocycles. The molecule has 0 bridgehead atoms. The van der Waals surface area contributed by atoms with Crippen molar-refractivity contribution in [3.63, 3.8) is 0 Å². The number of ether oxygens (including phenoxy) is 1. The quantitative estimate of drug-likeness (QED) is 0.928. The fraction of sp³-hybridized carbons (Fsp3) is 0.529. The van der Waals surface area contributed by atoms with E-state index in [2.05, 4.69) is 20.8 Å². The summed E-state index contributed by atoms with van der Waals surface area (Å²) in [6.45, 7) is 6.60. The van der Waals surface area contributed by atoms with E-state index in [1.807, 2.05) is 24.3 Å². The fourth-order valence-corrected chi connectivity index (χ4v) is 2.76. The van der Waals surface area contributed by atoms with Gasteiger partial charge in [-0.2, -0.15) is 0 Å². The Morgan fingerprint density at radius 1 is 1.32 bits per heavy atom. The van der Waals surface area contributed by atoms with Gasteiger partial charge in [0.15, 0.2) is 6.61 Å². The van der Waals surface area contributed by atoms with Crippen molar-refractivity contribution in [3.05, 3.63) is 29.8 Å². The lowest BCUT2D eigenvalue weighted by atomic mass is 9.86. The third-order valence-corrected chi connectivity index (χ3v) is 3.90. The lowest BCUT2D eigenvalue weighted by molar-refractivity contribution is -0.148. The van der Waals surface area contributed by atoms with E-state index in [4.69, 9.17) is 9.84 Å². The Morgan fingerprint density at radius 2 is 2.00 bits per heavy atom. The molecule has 1 aliphatic heterocycles. The average Bonchev–Trinajstić information content (AvgIpc) is 2.93. The molecule has 22 heavy (non-hydrogen) atoms. The van der Waals surface area contributed by atoms with Crippen molar-refractivity contribution in [2.45, 2.75) is 45.1 Å². The number of aliphatic carboxylic acids is 1. The average molecular weight is 305 g/mol. The Morgan fingerprint density at radius 3 is 2.64 bits per heavy atom. The van der Waals surface area contributed by atoms with E-state index in [1.165, 1.54) is 4.90 Å². The maximum atomic E-state index is 12.2. The van der Waals surface area contributed by atoms with Crippen LogP contribution in [-0.2, 0) is 15.0 Å². The highest BCUT2D eigenvalue weighted by Crippen LogP contribution is 2.31. The molecule has 0 aromatic heterocycles. The lowest BCUT2D eigenvalue weighted by Crippen LogP contribution is -2.42. The summed E-state index contributed by atoms with van der Waals surface area (Å²) in [4.78, 5) is 24.8. The van der Waals surface area contributed by atoms with Crippen molar-refractivity contribution in [1.82, 2.24) is 4.90 Å². The maximum absolute atomic E-state index is 12.2. The SMILES string of the molecule is CC(C)(C)c1ccccc1OCC(=O)N1CCC[C@H]1C(=O)O. The second-order valence-corrected chi connectivity index (χ2v) is 6.62. The van der Waals surface area contributed by atoms with Crippen LogP contribution in [-0.4, -0.2) is 41.1 Å². The van der Waals surface area contributed by atoms with E-state index in [9.17, 15) is 9.59 Å². The Kier molecular flexibility index (Phi) is 4.74. The van der Waals surface area contributed by atoms with Gasteiger partial charge in [-0.1, -0.05) is 39.0 Å². The number of hydrogen-bond acceptors (Lipinski definition) is 3. The number of carboxylic acids is 1. The summed E-state index contributed by atoms with van der Waals surface area (Å²) in [6.07, 6.45) is 1.24. The van der Waals surface area contributed by atoms with Crippen LogP contribution in [0.5, 0.6) is 5.75 Å². The number of amides is 1. The minimum Gasteiger partial charge on any atom is -0.483 e. The maximum Gasteiger partial charge on any atom is 0.326 e. The molecule has 1 N–H and O–H groups in total. The minimum absolute atomic E-state index is 0.0864. The zero-order valence-corrected chi connectivity index (χ0v) is 13.3. The van der Waals surface area contributed by atoms with Crippen molar-refractivity contribution >= 4 is 11.9 Å². The van der Waals surface area contributed by atoms with Crippen LogP contribution in [0.3, 0.4) is 0 Å². The van der Waals surface area contributed by atoms with Crippen LogP contribution < -0.4 is 4.74 Å². The van der Waals surface area contributed by atoms with Gasteiger partial charge in [-0.05, 0) is 29.9 Å². The molecule has 0 aliphatic carbocycles. The topological polar surface area (TPSA) is 66.8 Å². The van der Waals surface area contributed by atoms with Crippen molar-refractivity contribution < 1.29 is 19.4 Å². The Bertz CT molecular complexity index is 562. The van der Waals surface area contributed by atoms with E-state index in [0.29, 0.717) is 18.7 Å². The molecule has 1 amide bonds. The molecule has 1 aromatic carbocycles. The van der Waals surface area contributed by atoms with Gasteiger partial charge in [0.2, 0.25) is 0 Å². The minimum atomic E-state index is -0.944. The highest BCUT2D eigenvalue weighted by atomic mass is 16.5. The zero-order valence-electron chi connectivity index (χ0n) is 13.3. The molecule has 1 fully saturated rings. The molecule has 0 radical (unpaired) electrons. The summed E-state index contributed by atoms with van der Waals surface area (Å²) >= 11 is 0. The number of para-hydroxylation sites is 1. The lowest BCUT2D eigenvalue weighted by Gasteiger charge is -2.24. The van der Waals surface area contributed by atoms with E-state index >= 15 is 0 Å². The summed E-state index contributed by atoms with van der Waals surface area (Å²) < 4.78 is 5.68. The first-order chi connectivity index (χ1) is 10.3. The number of carbonyl (C=O) groups excluding carboxylic acids is 1. The normalized spacial score (nSPS) is 18.3. The molecule has 1 heterocycles. The molecule has 120 valence electrons. The number of likely N-dealkylation sites (tertiary alicyclic amines) is 1. The van der Waals surface area contributed by atoms with E-state index in [0.717, 1.165) is 12.0 Å². The molecule has 1 atom stereocenters. The first kappa shape index (κ1) is 16.3. The predicted octanol–water partition coefficient (Wildman–Crippen LogP) is 2.44. The van der Waals surface area contributed by atoms with E-state index < -0.39 is 12.0 Å². The van der Waals surface area contributed by atoms with E-state index in [-0.39, 0.29) is 17.9 Å². The predicted molar refractivity (Wildman–Crippen MR) is 83.0 cm³/mol. The van der Waals surface area contributed by atoms with Crippen molar-refractivity contribution in [2.75, 3.05) is 13.2 Å². The van der Waals surface area contributed by atoms with Crippen molar-refractivity contribution in [1.29, 1.82) is 0 Å². The molecule has 1 aromatic rings. The summed E-state index contributed by atoms with van der Waals surface area (Å²) in [7, 11) is 0. The molecular weight excluding hydrogens is 282 g/mol. The van der Waals surface area contributed by atoms with Crippen LogP contribution >= 0.6 is 0 Å². The number of benzene rings is 1. The Balaban J connectivity index is 2.05. The first-order valence-corrected chi connectivity index (χ1v) is 7.55. The fourth-order valence-electron chi connectivity index (χ4n) is 2.76. The Labute approximate surface area is 130 Å². The zero-order chi connectivity index (χ0) is 16.3. The summed E-state index contributed by atoms with van der Waals surface area (Å²) in [5.41, 5.74) is 0.940. The largest absolute Gasteiger partial charge is 0.483 e. The molecule has 0 saturated carbocycles. The van der Waals surface area contributed by atoms with Crippen LogP contribution in [0, 0.1) is 0 Å². The van der Waals surface area contributed by atoms with Gasteiger partial charge in [0.05, 0.1) is 0 Å². The van der Waals surface area contributed by atoms with Gasteiger partial charge in [0.1, 0.15) is 11.8 Å². The molecule has 5 nitrogen and oxygen atoms in total. The van der Waals surface area contributed by atoms with Gasteiger partial charge in [-0.25, -0.2) is 4.79 Å². The summed E-state index contributed by atoms with van der Waals surface area (Å²) in [6, 6.07) is 6.91. The van der Waals surface area contributed by atoms with Crippen molar-refractivity contribution in [3.8, 4) is 5.75 Å². The number of carboxylic acid groups (broad SMARTS) is 1. The second kappa shape index (κ2) is 6.38. The van der Waals surface area contributed by atoms with Gasteiger partial charge in [0.25, 0.3) is 5.91 Å². The van der Waals surface area contributed by atoms with Gasteiger partial charge in [-0.3, -0.25) is 4.79 Å². The molecule has 1 aliphatic rings. The smallest absolute Gasteiger partial charge is 0.326 e. The molecular formula is C17H23NO4. The van der Waals surface area contributed by atoms with Gasteiger partial charge >= 0.3 is 5.97 Å². The molecule has 0 unspecified atom stereocenters. The highest BCUT2D eigenvalue weighted by Gasteiger charge is 2.34. The monoisotopic (exact) mass is 305 g/mol. The Hall–Kier alpha value is -2.04.